The summed E-state index contributed by atoms with van der Waals surface area (Å²) in [4.78, 5) is 0. The Labute approximate surface area is 141 Å². The number of aliphatic hydroxyl groups excluding tert-OH is 2. The minimum absolute atomic E-state index is 0.138. The van der Waals surface area contributed by atoms with Crippen molar-refractivity contribution >= 4 is 0 Å². The highest BCUT2D eigenvalue weighted by Gasteiger charge is 2.34. The zero-order chi connectivity index (χ0) is 16.5. The summed E-state index contributed by atoms with van der Waals surface area (Å²) in [7, 11) is 0. The van der Waals surface area contributed by atoms with E-state index in [-0.39, 0.29) is 13.2 Å². The van der Waals surface area contributed by atoms with Crippen molar-refractivity contribution in [1.82, 2.24) is 0 Å². The lowest BCUT2D eigenvalue weighted by atomic mass is 9.68. The van der Waals surface area contributed by atoms with Gasteiger partial charge in [0.1, 0.15) is 0 Å². The molecule has 0 aromatic heterocycles. The number of hydrogen-bond donors (Lipinski definition) is 2. The van der Waals surface area contributed by atoms with Crippen LogP contribution in [0, 0.1) is 17.8 Å². The largest absolute Gasteiger partial charge is 0.394 e. The molecule has 0 saturated heterocycles. The zero-order valence-electron chi connectivity index (χ0n) is 14.8. The van der Waals surface area contributed by atoms with Crippen LogP contribution in [-0.2, 0) is 9.47 Å². The van der Waals surface area contributed by atoms with Crippen molar-refractivity contribution in [2.75, 3.05) is 26.4 Å². The third kappa shape index (κ3) is 6.00. The van der Waals surface area contributed by atoms with Crippen molar-refractivity contribution < 1.29 is 19.7 Å². The number of ether oxygens (including phenoxy) is 2. The van der Waals surface area contributed by atoms with Gasteiger partial charge in [-0.1, -0.05) is 13.3 Å². The van der Waals surface area contributed by atoms with Crippen LogP contribution in [0.4, 0.5) is 0 Å². The molecular weight excluding hydrogens is 292 g/mol. The second-order valence-corrected chi connectivity index (χ2v) is 7.33. The fraction of sp³-hybridized carbons (Fsp3) is 1.00. The first-order chi connectivity index (χ1) is 11.3. The third-order valence-corrected chi connectivity index (χ3v) is 6.01. The van der Waals surface area contributed by atoms with Crippen molar-refractivity contribution in [1.29, 1.82) is 0 Å². The molecule has 2 rings (SSSR count). The van der Waals surface area contributed by atoms with E-state index < -0.39 is 0 Å². The summed E-state index contributed by atoms with van der Waals surface area (Å²) >= 11 is 0. The Morgan fingerprint density at radius 3 is 1.43 bits per heavy atom. The summed E-state index contributed by atoms with van der Waals surface area (Å²) < 4.78 is 11.4. The smallest absolute Gasteiger partial charge is 0.0701 e. The molecule has 0 heterocycles. The van der Waals surface area contributed by atoms with Crippen LogP contribution in [0.1, 0.15) is 64.7 Å². The summed E-state index contributed by atoms with van der Waals surface area (Å²) in [5, 5.41) is 17.7. The monoisotopic (exact) mass is 328 g/mol. The average Bonchev–Trinajstić information content (AvgIpc) is 2.61. The maximum absolute atomic E-state index is 8.87. The summed E-state index contributed by atoms with van der Waals surface area (Å²) in [5.74, 6) is 2.57. The third-order valence-electron chi connectivity index (χ3n) is 6.01. The van der Waals surface area contributed by atoms with Gasteiger partial charge in [-0.15, -0.1) is 0 Å². The van der Waals surface area contributed by atoms with Gasteiger partial charge in [0, 0.05) is 0 Å². The first kappa shape index (κ1) is 19.2. The molecule has 136 valence electrons. The molecular formula is C19H36O4. The molecule has 2 aliphatic carbocycles. The average molecular weight is 328 g/mol. The van der Waals surface area contributed by atoms with E-state index in [1.807, 2.05) is 0 Å². The predicted octanol–water partition coefficient (Wildman–Crippen LogP) is 3.15. The topological polar surface area (TPSA) is 58.9 Å². The van der Waals surface area contributed by atoms with E-state index in [0.717, 1.165) is 43.4 Å². The molecule has 2 fully saturated rings. The Kier molecular flexibility index (Phi) is 8.88. The molecule has 2 aliphatic rings. The molecule has 2 saturated carbocycles. The van der Waals surface area contributed by atoms with Crippen LogP contribution in [0.25, 0.3) is 0 Å². The Balaban J connectivity index is 1.73. The minimum atomic E-state index is 0.138. The van der Waals surface area contributed by atoms with Crippen molar-refractivity contribution in [3.8, 4) is 0 Å². The van der Waals surface area contributed by atoms with Crippen molar-refractivity contribution in [3.63, 3.8) is 0 Å². The molecule has 0 aromatic rings. The van der Waals surface area contributed by atoms with Crippen LogP contribution in [0.15, 0.2) is 0 Å². The fourth-order valence-electron chi connectivity index (χ4n) is 4.86. The van der Waals surface area contributed by atoms with E-state index >= 15 is 0 Å². The molecule has 4 nitrogen and oxygen atoms in total. The van der Waals surface area contributed by atoms with Gasteiger partial charge in [-0.25, -0.2) is 0 Å². The quantitative estimate of drug-likeness (QED) is 0.682. The standard InChI is InChI=1S/C19H36O4/c1-2-19(15-3-7-17(8-4-15)22-13-11-20)16-5-9-18(10-6-16)23-14-12-21/h15-21H,2-14H2,1H3. The van der Waals surface area contributed by atoms with Gasteiger partial charge in [0.15, 0.2) is 0 Å². The number of hydrogen-bond acceptors (Lipinski definition) is 4. The Bertz CT molecular complexity index is 266. The molecule has 0 radical (unpaired) electrons. The lowest BCUT2D eigenvalue weighted by Crippen LogP contribution is -2.33. The summed E-state index contributed by atoms with van der Waals surface area (Å²) in [6.07, 6.45) is 11.8. The van der Waals surface area contributed by atoms with Crippen molar-refractivity contribution in [2.24, 2.45) is 17.8 Å². The number of rotatable bonds is 9. The molecule has 0 atom stereocenters. The predicted molar refractivity (Wildman–Crippen MR) is 91.3 cm³/mol. The van der Waals surface area contributed by atoms with E-state index in [1.165, 1.54) is 32.1 Å². The van der Waals surface area contributed by atoms with Gasteiger partial charge in [-0.2, -0.15) is 0 Å². The van der Waals surface area contributed by atoms with Crippen LogP contribution in [0.5, 0.6) is 0 Å². The van der Waals surface area contributed by atoms with Gasteiger partial charge in [0.25, 0.3) is 0 Å². The van der Waals surface area contributed by atoms with Crippen LogP contribution in [-0.4, -0.2) is 48.8 Å². The molecule has 0 unspecified atom stereocenters. The SMILES string of the molecule is CCC(C1CCC(OCCO)CC1)C1CCC(OCCO)CC1. The van der Waals surface area contributed by atoms with Gasteiger partial charge in [-0.3, -0.25) is 0 Å². The summed E-state index contributed by atoms with van der Waals surface area (Å²) in [5.41, 5.74) is 0. The van der Waals surface area contributed by atoms with E-state index in [4.69, 9.17) is 19.7 Å². The van der Waals surface area contributed by atoms with E-state index in [9.17, 15) is 0 Å². The molecule has 0 bridgehead atoms. The van der Waals surface area contributed by atoms with Crippen molar-refractivity contribution in [2.45, 2.75) is 76.9 Å². The summed E-state index contributed by atoms with van der Waals surface area (Å²) in [6.45, 7) is 3.61. The minimum Gasteiger partial charge on any atom is -0.394 e. The van der Waals surface area contributed by atoms with Gasteiger partial charge < -0.3 is 19.7 Å². The molecule has 0 amide bonds. The first-order valence-electron chi connectivity index (χ1n) is 9.73. The second-order valence-electron chi connectivity index (χ2n) is 7.33. The Hall–Kier alpha value is -0.160. The highest BCUT2D eigenvalue weighted by Crippen LogP contribution is 2.42. The fourth-order valence-corrected chi connectivity index (χ4v) is 4.86. The first-order valence-corrected chi connectivity index (χ1v) is 9.73. The van der Waals surface area contributed by atoms with Gasteiger partial charge >= 0.3 is 0 Å². The molecule has 0 aromatic carbocycles. The molecule has 4 heteroatoms. The van der Waals surface area contributed by atoms with Gasteiger partial charge in [0.2, 0.25) is 0 Å². The molecule has 0 aliphatic heterocycles. The lowest BCUT2D eigenvalue weighted by Gasteiger charge is -2.40. The molecule has 23 heavy (non-hydrogen) atoms. The van der Waals surface area contributed by atoms with Crippen LogP contribution >= 0.6 is 0 Å². The highest BCUT2D eigenvalue weighted by atomic mass is 16.5. The van der Waals surface area contributed by atoms with Crippen molar-refractivity contribution in [3.05, 3.63) is 0 Å². The zero-order valence-corrected chi connectivity index (χ0v) is 14.8. The molecule has 2 N–H and O–H groups in total. The van der Waals surface area contributed by atoms with Crippen LogP contribution < -0.4 is 0 Å². The van der Waals surface area contributed by atoms with Crippen LogP contribution in [0.3, 0.4) is 0 Å². The van der Waals surface area contributed by atoms with Gasteiger partial charge in [-0.05, 0) is 69.1 Å². The lowest BCUT2D eigenvalue weighted by molar-refractivity contribution is -0.0237. The maximum Gasteiger partial charge on any atom is 0.0701 e. The van der Waals surface area contributed by atoms with E-state index in [2.05, 4.69) is 6.92 Å². The second kappa shape index (κ2) is 10.7. The Morgan fingerprint density at radius 2 is 1.13 bits per heavy atom. The maximum atomic E-state index is 8.87. The summed E-state index contributed by atoms with van der Waals surface area (Å²) in [6, 6.07) is 0. The normalized spacial score (nSPS) is 33.5. The van der Waals surface area contributed by atoms with E-state index in [0.29, 0.717) is 25.4 Å². The van der Waals surface area contributed by atoms with Crippen LogP contribution in [0.2, 0.25) is 0 Å². The Morgan fingerprint density at radius 1 is 0.739 bits per heavy atom. The molecule has 0 spiro atoms. The number of aliphatic hydroxyl groups is 2. The van der Waals surface area contributed by atoms with Gasteiger partial charge in [0.05, 0.1) is 38.6 Å². The van der Waals surface area contributed by atoms with E-state index in [1.54, 1.807) is 0 Å². The highest BCUT2D eigenvalue weighted by molar-refractivity contribution is 4.85.